The lowest BCUT2D eigenvalue weighted by atomic mass is 10.1. The lowest BCUT2D eigenvalue weighted by Gasteiger charge is -2.32. The molecule has 0 bridgehead atoms. The van der Waals surface area contributed by atoms with Crippen molar-refractivity contribution < 1.29 is 18.0 Å². The summed E-state index contributed by atoms with van der Waals surface area (Å²) >= 11 is 0. The first-order valence-corrected chi connectivity index (χ1v) is 11.9. The monoisotopic (exact) mass is 459 g/mol. The number of carbonyl (C=O) groups is 2. The van der Waals surface area contributed by atoms with Crippen LogP contribution in [0.3, 0.4) is 0 Å². The predicted octanol–water partition coefficient (Wildman–Crippen LogP) is 2.95. The molecule has 0 aliphatic rings. The van der Waals surface area contributed by atoms with Crippen LogP contribution in [0, 0.1) is 6.92 Å². The van der Waals surface area contributed by atoms with Crippen LogP contribution in [-0.2, 0) is 26.2 Å². The van der Waals surface area contributed by atoms with Crippen molar-refractivity contribution in [3.8, 4) is 0 Å². The molecule has 0 radical (unpaired) electrons. The average Bonchev–Trinajstić information content (AvgIpc) is 2.71. The van der Waals surface area contributed by atoms with Gasteiger partial charge in [-0.3, -0.25) is 9.59 Å². The molecule has 7 nitrogen and oxygen atoms in total. The first kappa shape index (κ1) is 25.5. The van der Waals surface area contributed by atoms with Gasteiger partial charge in [-0.25, -0.2) is 8.42 Å². The number of hydrogen-bond acceptors (Lipinski definition) is 4. The Morgan fingerprint density at radius 1 is 1.00 bits per heavy atom. The van der Waals surface area contributed by atoms with Gasteiger partial charge in [-0.15, -0.1) is 0 Å². The summed E-state index contributed by atoms with van der Waals surface area (Å²) in [7, 11) is -2.48. The molecule has 2 amide bonds. The molecule has 2 aromatic carbocycles. The van der Waals surface area contributed by atoms with E-state index >= 15 is 0 Å². The summed E-state index contributed by atoms with van der Waals surface area (Å²) in [6.07, 6.45) is 0. The molecule has 8 heteroatoms. The van der Waals surface area contributed by atoms with E-state index in [1.807, 2.05) is 58.0 Å². The predicted molar refractivity (Wildman–Crippen MR) is 125 cm³/mol. The van der Waals surface area contributed by atoms with E-state index in [0.717, 1.165) is 15.4 Å². The van der Waals surface area contributed by atoms with Gasteiger partial charge in [0.1, 0.15) is 6.04 Å². The van der Waals surface area contributed by atoms with E-state index in [1.165, 1.54) is 24.1 Å². The number of rotatable bonds is 8. The maximum absolute atomic E-state index is 13.2. The highest BCUT2D eigenvalue weighted by molar-refractivity contribution is 7.89. The molecule has 0 spiro atoms. The van der Waals surface area contributed by atoms with Gasteiger partial charge in [-0.2, -0.15) is 4.31 Å². The first-order chi connectivity index (χ1) is 14.8. The van der Waals surface area contributed by atoms with E-state index in [-0.39, 0.29) is 23.9 Å². The van der Waals surface area contributed by atoms with Crippen molar-refractivity contribution in [3.05, 3.63) is 65.7 Å². The number of amides is 2. The van der Waals surface area contributed by atoms with Gasteiger partial charge < -0.3 is 10.2 Å². The number of aryl methyl sites for hydroxylation is 1. The van der Waals surface area contributed by atoms with Crippen molar-refractivity contribution in [2.24, 2.45) is 0 Å². The lowest BCUT2D eigenvalue weighted by molar-refractivity contribution is -0.141. The van der Waals surface area contributed by atoms with Crippen LogP contribution in [-0.4, -0.2) is 54.6 Å². The van der Waals surface area contributed by atoms with Crippen molar-refractivity contribution in [2.75, 3.05) is 13.6 Å². The van der Waals surface area contributed by atoms with E-state index < -0.39 is 27.5 Å². The Labute approximate surface area is 191 Å². The van der Waals surface area contributed by atoms with Crippen molar-refractivity contribution in [2.45, 2.75) is 57.6 Å². The van der Waals surface area contributed by atoms with Gasteiger partial charge in [0, 0.05) is 19.1 Å². The van der Waals surface area contributed by atoms with E-state index in [1.54, 1.807) is 19.1 Å². The van der Waals surface area contributed by atoms with Crippen LogP contribution in [0.1, 0.15) is 38.8 Å². The average molecular weight is 460 g/mol. The lowest BCUT2D eigenvalue weighted by Crippen LogP contribution is -2.54. The van der Waals surface area contributed by atoms with Crippen LogP contribution in [0.15, 0.2) is 59.5 Å². The second-order valence-electron chi connectivity index (χ2n) is 9.00. The molecule has 0 saturated carbocycles. The number of nitrogens with zero attached hydrogens (tertiary/aromatic N) is 2. The summed E-state index contributed by atoms with van der Waals surface area (Å²) in [5.41, 5.74) is 1.33. The maximum Gasteiger partial charge on any atom is 0.243 e. The fraction of sp³-hybridized carbons (Fsp3) is 0.417. The van der Waals surface area contributed by atoms with E-state index in [4.69, 9.17) is 0 Å². The first-order valence-electron chi connectivity index (χ1n) is 10.5. The molecule has 174 valence electrons. The Kier molecular flexibility index (Phi) is 8.20. The van der Waals surface area contributed by atoms with Crippen LogP contribution < -0.4 is 5.32 Å². The molecular formula is C24H33N3O4S. The van der Waals surface area contributed by atoms with E-state index in [0.29, 0.717) is 0 Å². The molecule has 0 unspecified atom stereocenters. The molecule has 2 aromatic rings. The summed E-state index contributed by atoms with van der Waals surface area (Å²) < 4.78 is 26.9. The molecule has 2 rings (SSSR count). The Balaban J connectivity index is 2.26. The van der Waals surface area contributed by atoms with Crippen molar-refractivity contribution in [1.29, 1.82) is 0 Å². The molecule has 0 heterocycles. The number of nitrogens with one attached hydrogen (secondary N) is 1. The molecule has 1 atom stereocenters. The Morgan fingerprint density at radius 2 is 1.56 bits per heavy atom. The number of carbonyl (C=O) groups excluding carboxylic acids is 2. The molecule has 32 heavy (non-hydrogen) atoms. The van der Waals surface area contributed by atoms with Crippen LogP contribution in [0.25, 0.3) is 0 Å². The van der Waals surface area contributed by atoms with Crippen molar-refractivity contribution >= 4 is 21.8 Å². The van der Waals surface area contributed by atoms with Gasteiger partial charge in [-0.1, -0.05) is 48.0 Å². The topological polar surface area (TPSA) is 86.8 Å². The Bertz CT molecular complexity index is 1030. The smallest absolute Gasteiger partial charge is 0.243 e. The number of hydrogen-bond donors (Lipinski definition) is 1. The molecule has 0 saturated heterocycles. The Morgan fingerprint density at radius 3 is 2.09 bits per heavy atom. The van der Waals surface area contributed by atoms with Gasteiger partial charge in [0.2, 0.25) is 21.8 Å². The highest BCUT2D eigenvalue weighted by Crippen LogP contribution is 2.17. The minimum Gasteiger partial charge on any atom is -0.350 e. The molecular weight excluding hydrogens is 426 g/mol. The normalized spacial score (nSPS) is 13.0. The van der Waals surface area contributed by atoms with Crippen LogP contribution in [0.5, 0.6) is 0 Å². The van der Waals surface area contributed by atoms with Crippen LogP contribution in [0.4, 0.5) is 0 Å². The molecule has 0 aromatic heterocycles. The van der Waals surface area contributed by atoms with Gasteiger partial charge >= 0.3 is 0 Å². The maximum atomic E-state index is 13.2. The zero-order valence-electron chi connectivity index (χ0n) is 19.6. The second kappa shape index (κ2) is 10.3. The fourth-order valence-electron chi connectivity index (χ4n) is 3.09. The third kappa shape index (κ3) is 6.90. The van der Waals surface area contributed by atoms with Gasteiger partial charge in [0.15, 0.2) is 0 Å². The minimum absolute atomic E-state index is 0.117. The second-order valence-corrected chi connectivity index (χ2v) is 11.0. The highest BCUT2D eigenvalue weighted by atomic mass is 32.2. The third-order valence-electron chi connectivity index (χ3n) is 4.95. The van der Waals surface area contributed by atoms with Crippen LogP contribution in [0.2, 0.25) is 0 Å². The standard InChI is InChI=1S/C24H33N3O4S/c1-18-12-14-21(15-13-18)32(30,31)26(6)17-22(28)27(16-20-10-8-7-9-11-20)19(2)23(29)25-24(3,4)5/h7-15,19H,16-17H2,1-6H3,(H,25,29)/t19-/m1/s1. The summed E-state index contributed by atoms with van der Waals surface area (Å²) in [6.45, 7) is 8.92. The van der Waals surface area contributed by atoms with E-state index in [9.17, 15) is 18.0 Å². The van der Waals surface area contributed by atoms with Crippen LogP contribution >= 0.6 is 0 Å². The quantitative estimate of drug-likeness (QED) is 0.658. The zero-order valence-corrected chi connectivity index (χ0v) is 20.4. The minimum atomic E-state index is -3.85. The molecule has 0 aliphatic heterocycles. The number of sulfonamides is 1. The molecule has 1 N–H and O–H groups in total. The van der Waals surface area contributed by atoms with Gasteiger partial charge in [-0.05, 0) is 52.3 Å². The summed E-state index contributed by atoms with van der Waals surface area (Å²) in [5.74, 6) is -0.755. The fourth-order valence-corrected chi connectivity index (χ4v) is 4.21. The SMILES string of the molecule is Cc1ccc(S(=O)(=O)N(C)CC(=O)N(Cc2ccccc2)[C@H](C)C(=O)NC(C)(C)C)cc1. The largest absolute Gasteiger partial charge is 0.350 e. The van der Waals surface area contributed by atoms with E-state index in [2.05, 4.69) is 5.32 Å². The van der Waals surface area contributed by atoms with Gasteiger partial charge in [0.25, 0.3) is 0 Å². The molecule has 0 fully saturated rings. The number of benzene rings is 2. The van der Waals surface area contributed by atoms with Gasteiger partial charge in [0.05, 0.1) is 11.4 Å². The Hall–Kier alpha value is -2.71. The number of likely N-dealkylation sites (N-methyl/N-ethyl adjacent to an activating group) is 1. The van der Waals surface area contributed by atoms with Crippen molar-refractivity contribution in [1.82, 2.24) is 14.5 Å². The highest BCUT2D eigenvalue weighted by Gasteiger charge is 2.31. The van der Waals surface area contributed by atoms with Crippen molar-refractivity contribution in [3.63, 3.8) is 0 Å². The molecule has 0 aliphatic carbocycles. The zero-order chi connectivity index (χ0) is 24.1. The summed E-state index contributed by atoms with van der Waals surface area (Å²) in [6, 6.07) is 15.0. The summed E-state index contributed by atoms with van der Waals surface area (Å²) in [4.78, 5) is 27.6. The third-order valence-corrected chi connectivity index (χ3v) is 6.77. The summed E-state index contributed by atoms with van der Waals surface area (Å²) in [5, 5.41) is 2.89.